The quantitative estimate of drug-likeness (QED) is 0.321. The maximum atomic E-state index is 13.7. The molecule has 1 unspecified atom stereocenters. The van der Waals surface area contributed by atoms with Crippen molar-refractivity contribution in [3.05, 3.63) is 72.3 Å². The van der Waals surface area contributed by atoms with Crippen LogP contribution in [0.25, 0.3) is 11.0 Å². The third-order valence-corrected chi connectivity index (χ3v) is 6.27. The van der Waals surface area contributed by atoms with Crippen molar-refractivity contribution in [1.29, 1.82) is 0 Å². The van der Waals surface area contributed by atoms with Crippen molar-refractivity contribution < 1.29 is 23.8 Å². The van der Waals surface area contributed by atoms with E-state index in [9.17, 15) is 9.59 Å². The third-order valence-electron chi connectivity index (χ3n) is 6.27. The fourth-order valence-corrected chi connectivity index (χ4v) is 4.22. The fraction of sp³-hybridized carbons (Fsp3) is 0.286. The Kier molecular flexibility index (Phi) is 8.42. The van der Waals surface area contributed by atoms with E-state index in [2.05, 4.69) is 15.6 Å². The van der Waals surface area contributed by atoms with Crippen LogP contribution >= 0.6 is 0 Å². The summed E-state index contributed by atoms with van der Waals surface area (Å²) in [5.41, 5.74) is 2.77. The molecule has 4 rings (SSSR count). The van der Waals surface area contributed by atoms with Crippen LogP contribution in [-0.2, 0) is 22.7 Å². The number of methoxy groups -OCH3 is 3. The first-order valence-electron chi connectivity index (χ1n) is 12.2. The topological polar surface area (TPSA) is 108 Å². The average molecular weight is 518 g/mol. The highest BCUT2D eigenvalue weighted by Crippen LogP contribution is 2.29. The van der Waals surface area contributed by atoms with Crippen molar-refractivity contribution in [2.75, 3.05) is 26.6 Å². The molecule has 1 aromatic heterocycles. The molecule has 0 aliphatic carbocycles. The van der Waals surface area contributed by atoms with Crippen molar-refractivity contribution in [3.8, 4) is 17.2 Å². The van der Waals surface area contributed by atoms with Gasteiger partial charge in [0, 0.05) is 12.6 Å². The lowest BCUT2D eigenvalue weighted by Gasteiger charge is -2.31. The van der Waals surface area contributed by atoms with Crippen molar-refractivity contribution in [3.63, 3.8) is 0 Å². The first-order chi connectivity index (χ1) is 18.5. The van der Waals surface area contributed by atoms with Crippen LogP contribution in [0.5, 0.6) is 17.2 Å². The number of amides is 2. The first-order valence-corrected chi connectivity index (χ1v) is 12.2. The summed E-state index contributed by atoms with van der Waals surface area (Å²) in [6.07, 6.45) is 0.393. The van der Waals surface area contributed by atoms with E-state index in [-0.39, 0.29) is 24.9 Å². The number of rotatable bonds is 11. The van der Waals surface area contributed by atoms with E-state index in [1.807, 2.05) is 55.5 Å². The molecule has 0 saturated carbocycles. The number of nitrogens with zero attached hydrogens (tertiary/aromatic N) is 4. The summed E-state index contributed by atoms with van der Waals surface area (Å²) >= 11 is 0. The van der Waals surface area contributed by atoms with Crippen molar-refractivity contribution in [2.45, 2.75) is 32.5 Å². The molecule has 2 amide bonds. The number of ether oxygens (including phenoxy) is 3. The van der Waals surface area contributed by atoms with E-state index < -0.39 is 6.04 Å². The smallest absolute Gasteiger partial charge is 0.247 e. The molecule has 1 N–H and O–H groups in total. The van der Waals surface area contributed by atoms with Gasteiger partial charge in [-0.2, -0.15) is 0 Å². The van der Waals surface area contributed by atoms with E-state index in [1.165, 1.54) is 7.11 Å². The third kappa shape index (κ3) is 5.86. The molecule has 4 aromatic rings. The van der Waals surface area contributed by atoms with Gasteiger partial charge in [-0.25, -0.2) is 4.68 Å². The van der Waals surface area contributed by atoms with E-state index in [4.69, 9.17) is 14.2 Å². The molecule has 0 saturated heterocycles. The Labute approximate surface area is 221 Å². The van der Waals surface area contributed by atoms with Crippen LogP contribution in [-0.4, -0.2) is 59.1 Å². The van der Waals surface area contributed by atoms with Gasteiger partial charge in [0.1, 0.15) is 35.4 Å². The number of fused-ring (bicyclic) bond motifs is 1. The number of carbonyl (C=O) groups excluding carboxylic acids is 2. The lowest BCUT2D eigenvalue weighted by Crippen LogP contribution is -2.47. The van der Waals surface area contributed by atoms with Crippen molar-refractivity contribution in [2.24, 2.45) is 0 Å². The van der Waals surface area contributed by atoms with Crippen LogP contribution in [0.2, 0.25) is 0 Å². The van der Waals surface area contributed by atoms with Crippen LogP contribution in [0.4, 0.5) is 5.69 Å². The predicted molar refractivity (Wildman–Crippen MR) is 143 cm³/mol. The number of anilines is 1. The SMILES string of the molecule is CCC(C(=O)Nc1ccc(OC)cc1OC)N(Cc1ccc(OC)cc1)C(=O)Cn1nnc2ccccc21. The number of hydrogen-bond acceptors (Lipinski definition) is 7. The highest BCUT2D eigenvalue weighted by molar-refractivity contribution is 5.98. The minimum Gasteiger partial charge on any atom is -0.497 e. The maximum absolute atomic E-state index is 13.7. The minimum absolute atomic E-state index is 0.0632. The molecule has 0 spiro atoms. The Morgan fingerprint density at radius 3 is 2.34 bits per heavy atom. The summed E-state index contributed by atoms with van der Waals surface area (Å²) in [6, 6.07) is 19.2. The van der Waals surface area contributed by atoms with Gasteiger partial charge in [0.2, 0.25) is 11.8 Å². The Morgan fingerprint density at radius 1 is 0.947 bits per heavy atom. The predicted octanol–water partition coefficient (Wildman–Crippen LogP) is 3.90. The van der Waals surface area contributed by atoms with E-state index in [0.29, 0.717) is 34.9 Å². The highest BCUT2D eigenvalue weighted by Gasteiger charge is 2.30. The van der Waals surface area contributed by atoms with E-state index in [0.717, 1.165) is 11.1 Å². The van der Waals surface area contributed by atoms with Crippen molar-refractivity contribution >= 4 is 28.5 Å². The zero-order valence-corrected chi connectivity index (χ0v) is 21.9. The van der Waals surface area contributed by atoms with Crippen LogP contribution in [0.15, 0.2) is 66.7 Å². The minimum atomic E-state index is -0.758. The van der Waals surface area contributed by atoms with Gasteiger partial charge in [-0.1, -0.05) is 36.4 Å². The van der Waals surface area contributed by atoms with Gasteiger partial charge < -0.3 is 24.4 Å². The van der Waals surface area contributed by atoms with Crippen LogP contribution in [0.1, 0.15) is 18.9 Å². The van der Waals surface area contributed by atoms with Gasteiger partial charge in [0.15, 0.2) is 0 Å². The molecule has 0 fully saturated rings. The van der Waals surface area contributed by atoms with Crippen LogP contribution in [0, 0.1) is 0 Å². The standard InChI is InChI=1S/C28H31N5O5/c1-5-24(28(35)29-23-15-14-21(37-3)16-26(23)38-4)32(17-19-10-12-20(36-2)13-11-19)27(34)18-33-25-9-7-6-8-22(25)30-31-33/h6-16,24H,5,17-18H2,1-4H3,(H,29,35). The van der Waals surface area contributed by atoms with Gasteiger partial charge in [0.05, 0.1) is 32.5 Å². The normalized spacial score (nSPS) is 11.6. The van der Waals surface area contributed by atoms with Crippen LogP contribution in [0.3, 0.4) is 0 Å². The number of nitrogens with one attached hydrogen (secondary N) is 1. The zero-order chi connectivity index (χ0) is 27.1. The summed E-state index contributed by atoms with van der Waals surface area (Å²) in [4.78, 5) is 28.9. The second kappa shape index (κ2) is 12.1. The number of hydrogen-bond donors (Lipinski definition) is 1. The number of aromatic nitrogens is 3. The number of benzene rings is 3. The molecule has 1 atom stereocenters. The average Bonchev–Trinajstić information content (AvgIpc) is 3.36. The largest absolute Gasteiger partial charge is 0.497 e. The molecule has 10 nitrogen and oxygen atoms in total. The second-order valence-corrected chi connectivity index (χ2v) is 8.59. The molecule has 10 heteroatoms. The Bertz CT molecular complexity index is 1400. The van der Waals surface area contributed by atoms with E-state index in [1.54, 1.807) is 42.0 Å². The van der Waals surface area contributed by atoms with Gasteiger partial charge >= 0.3 is 0 Å². The van der Waals surface area contributed by atoms with Gasteiger partial charge in [-0.15, -0.1) is 5.10 Å². The Balaban J connectivity index is 1.63. The van der Waals surface area contributed by atoms with Crippen LogP contribution < -0.4 is 19.5 Å². The monoisotopic (exact) mass is 517 g/mol. The molecule has 0 radical (unpaired) electrons. The molecular formula is C28H31N5O5. The lowest BCUT2D eigenvalue weighted by atomic mass is 10.1. The zero-order valence-electron chi connectivity index (χ0n) is 21.9. The summed E-state index contributed by atoms with van der Waals surface area (Å²) in [5.74, 6) is 1.16. The summed E-state index contributed by atoms with van der Waals surface area (Å²) in [6.45, 7) is 2.03. The maximum Gasteiger partial charge on any atom is 0.247 e. The second-order valence-electron chi connectivity index (χ2n) is 8.59. The molecule has 0 aliphatic heterocycles. The Hall–Kier alpha value is -4.60. The Morgan fingerprint density at radius 2 is 1.66 bits per heavy atom. The summed E-state index contributed by atoms with van der Waals surface area (Å²) in [7, 11) is 4.67. The number of carbonyl (C=O) groups is 2. The summed E-state index contributed by atoms with van der Waals surface area (Å²) < 4.78 is 17.5. The molecule has 0 bridgehead atoms. The van der Waals surface area contributed by atoms with Gasteiger partial charge in [0.25, 0.3) is 0 Å². The van der Waals surface area contributed by atoms with E-state index >= 15 is 0 Å². The van der Waals surface area contributed by atoms with Crippen molar-refractivity contribution in [1.82, 2.24) is 19.9 Å². The molecule has 3 aromatic carbocycles. The first kappa shape index (κ1) is 26.5. The molecule has 0 aliphatic rings. The molecular weight excluding hydrogens is 486 g/mol. The summed E-state index contributed by atoms with van der Waals surface area (Å²) in [5, 5.41) is 11.2. The molecule has 1 heterocycles. The van der Waals surface area contributed by atoms with Gasteiger partial charge in [-0.05, 0) is 48.4 Å². The molecule has 38 heavy (non-hydrogen) atoms. The van der Waals surface area contributed by atoms with Gasteiger partial charge in [-0.3, -0.25) is 9.59 Å². The lowest BCUT2D eigenvalue weighted by molar-refractivity contribution is -0.140. The molecule has 198 valence electrons. The number of para-hydroxylation sites is 1. The fourth-order valence-electron chi connectivity index (χ4n) is 4.22. The highest BCUT2D eigenvalue weighted by atomic mass is 16.5.